The van der Waals surface area contributed by atoms with Gasteiger partial charge in [-0.05, 0) is 37.5 Å². The average Bonchev–Trinajstić information content (AvgIpc) is 3.44. The number of hydrazine groups is 1. The quantitative estimate of drug-likeness (QED) is 0.457. The molecule has 0 radical (unpaired) electrons. The van der Waals surface area contributed by atoms with E-state index < -0.39 is 35.8 Å². The monoisotopic (exact) mass is 527 g/mol. The van der Waals surface area contributed by atoms with Crippen molar-refractivity contribution < 1.29 is 23.9 Å². The Kier molecular flexibility index (Phi) is 7.39. The van der Waals surface area contributed by atoms with Gasteiger partial charge in [-0.15, -0.1) is 0 Å². The first-order chi connectivity index (χ1) is 18.7. The highest BCUT2D eigenvalue weighted by molar-refractivity contribution is 5.92. The largest absolute Gasteiger partial charge is 0.458 e. The van der Waals surface area contributed by atoms with Gasteiger partial charge >= 0.3 is 12.1 Å². The van der Waals surface area contributed by atoms with Crippen LogP contribution < -0.4 is 5.32 Å². The second-order valence-corrected chi connectivity index (χ2v) is 10.8. The molecule has 2 heterocycles. The van der Waals surface area contributed by atoms with Crippen molar-refractivity contribution in [3.63, 3.8) is 0 Å². The number of fused-ring (bicyclic) bond motifs is 1. The summed E-state index contributed by atoms with van der Waals surface area (Å²) in [5, 5.41) is 6.24. The van der Waals surface area contributed by atoms with E-state index in [1.807, 2.05) is 96.0 Å². The first-order valence-corrected chi connectivity index (χ1v) is 13.1. The molecule has 2 amide bonds. The zero-order valence-corrected chi connectivity index (χ0v) is 22.3. The maximum atomic E-state index is 14.0. The molecule has 5 rings (SSSR count). The number of rotatable bonds is 6. The minimum atomic E-state index is -0.966. The van der Waals surface area contributed by atoms with Gasteiger partial charge in [0.25, 0.3) is 5.91 Å². The molecule has 2 fully saturated rings. The minimum Gasteiger partial charge on any atom is -0.458 e. The summed E-state index contributed by atoms with van der Waals surface area (Å²) in [5.74, 6) is -0.854. The first-order valence-electron chi connectivity index (χ1n) is 13.1. The van der Waals surface area contributed by atoms with Gasteiger partial charge in [-0.25, -0.2) is 14.6 Å². The molecule has 0 bridgehead atoms. The third kappa shape index (κ3) is 5.66. The number of carbonyl (C=O) groups is 3. The zero-order valence-electron chi connectivity index (χ0n) is 22.3. The molecule has 202 valence electrons. The van der Waals surface area contributed by atoms with Crippen LogP contribution in [0.15, 0.2) is 91.0 Å². The summed E-state index contributed by atoms with van der Waals surface area (Å²) in [7, 11) is 0. The van der Waals surface area contributed by atoms with Crippen LogP contribution in [0.2, 0.25) is 0 Å². The number of amides is 2. The van der Waals surface area contributed by atoms with Gasteiger partial charge in [0.2, 0.25) is 0 Å². The summed E-state index contributed by atoms with van der Waals surface area (Å²) in [6, 6.07) is 26.0. The lowest BCUT2D eigenvalue weighted by Crippen LogP contribution is -2.48. The van der Waals surface area contributed by atoms with Crippen molar-refractivity contribution in [2.45, 2.75) is 63.6 Å². The van der Waals surface area contributed by atoms with E-state index in [9.17, 15) is 14.4 Å². The Bertz CT molecular complexity index is 1310. The van der Waals surface area contributed by atoms with E-state index in [0.29, 0.717) is 6.42 Å². The van der Waals surface area contributed by atoms with E-state index in [2.05, 4.69) is 5.32 Å². The van der Waals surface area contributed by atoms with Crippen LogP contribution in [0, 0.1) is 0 Å². The van der Waals surface area contributed by atoms with Crippen LogP contribution in [0.3, 0.4) is 0 Å². The fourth-order valence-electron chi connectivity index (χ4n) is 5.31. The summed E-state index contributed by atoms with van der Waals surface area (Å²) in [6.07, 6.45) is -0.329. The predicted molar refractivity (Wildman–Crippen MR) is 145 cm³/mol. The van der Waals surface area contributed by atoms with Crippen molar-refractivity contribution in [2.75, 3.05) is 0 Å². The van der Waals surface area contributed by atoms with E-state index in [-0.39, 0.29) is 18.6 Å². The van der Waals surface area contributed by atoms with Crippen LogP contribution in [-0.4, -0.2) is 45.7 Å². The Hall–Kier alpha value is -4.17. The number of hydrogen-bond acceptors (Lipinski definition) is 6. The highest BCUT2D eigenvalue weighted by Gasteiger charge is 2.59. The van der Waals surface area contributed by atoms with Crippen molar-refractivity contribution in [2.24, 2.45) is 0 Å². The number of nitrogens with zero attached hydrogens (tertiary/aromatic N) is 2. The lowest BCUT2D eigenvalue weighted by atomic mass is 9.94. The average molecular weight is 528 g/mol. The molecule has 1 N–H and O–H groups in total. The van der Waals surface area contributed by atoms with Gasteiger partial charge in [-0.1, -0.05) is 91.0 Å². The summed E-state index contributed by atoms with van der Waals surface area (Å²) in [5.41, 5.74) is 1.93. The molecule has 0 aromatic heterocycles. The second kappa shape index (κ2) is 10.9. The third-order valence-corrected chi connectivity index (χ3v) is 6.89. The normalized spacial score (nSPS) is 22.8. The van der Waals surface area contributed by atoms with E-state index in [0.717, 1.165) is 16.7 Å². The van der Waals surface area contributed by atoms with Crippen molar-refractivity contribution in [3.05, 3.63) is 108 Å². The van der Waals surface area contributed by atoms with E-state index >= 15 is 0 Å². The molecule has 3 aromatic carbocycles. The fraction of sp³-hybridized carbons (Fsp3) is 0.323. The standard InChI is InChI=1S/C31H33N3O5/c1-31(2,3)39-29(36)25-19-24(22-15-9-5-10-16-22)33-27(23-17-11-6-12-18-23)26(28(35)34(25)33)32-30(37)38-20-21-13-7-4-8-14-21/h4-18,24-27H,19-20H2,1-3H3,(H,32,37)/t24-,25-,26+,27+/m0/s1. The predicted octanol–water partition coefficient (Wildman–Crippen LogP) is 4.94. The number of carbonyl (C=O) groups excluding carboxylic acids is 3. The number of hydrogen-bond donors (Lipinski definition) is 1. The van der Waals surface area contributed by atoms with Crippen LogP contribution in [0.1, 0.15) is 56.0 Å². The Labute approximate surface area is 228 Å². The Morgan fingerprint density at radius 2 is 1.44 bits per heavy atom. The zero-order chi connectivity index (χ0) is 27.6. The Balaban J connectivity index is 1.49. The lowest BCUT2D eigenvalue weighted by molar-refractivity contribution is -0.168. The molecule has 39 heavy (non-hydrogen) atoms. The number of esters is 1. The molecular formula is C31H33N3O5. The molecule has 8 nitrogen and oxygen atoms in total. The number of alkyl carbamates (subject to hydrolysis) is 1. The molecule has 3 aromatic rings. The lowest BCUT2D eigenvalue weighted by Gasteiger charge is -2.32. The number of ether oxygens (including phenoxy) is 2. The highest BCUT2D eigenvalue weighted by Crippen LogP contribution is 2.48. The molecule has 2 aliphatic heterocycles. The van der Waals surface area contributed by atoms with Gasteiger partial charge in [0.05, 0.1) is 12.1 Å². The first kappa shape index (κ1) is 26.4. The molecule has 2 aliphatic rings. The SMILES string of the molecule is CC(C)(C)OC(=O)[C@@H]1C[C@@H](c2ccccc2)N2[C@H](c3ccccc3)[C@@H](NC(=O)OCc3ccccc3)C(=O)N12. The van der Waals surface area contributed by atoms with Crippen LogP contribution >= 0.6 is 0 Å². The third-order valence-electron chi connectivity index (χ3n) is 6.89. The van der Waals surface area contributed by atoms with E-state index in [1.165, 1.54) is 5.01 Å². The second-order valence-electron chi connectivity index (χ2n) is 10.8. The van der Waals surface area contributed by atoms with Crippen molar-refractivity contribution >= 4 is 18.0 Å². The van der Waals surface area contributed by atoms with Crippen molar-refractivity contribution in [3.8, 4) is 0 Å². The van der Waals surface area contributed by atoms with Gasteiger partial charge in [0, 0.05) is 6.42 Å². The molecule has 0 aliphatic carbocycles. The fourth-order valence-corrected chi connectivity index (χ4v) is 5.31. The summed E-state index contributed by atoms with van der Waals surface area (Å²) in [4.78, 5) is 40.4. The molecule has 0 spiro atoms. The smallest absolute Gasteiger partial charge is 0.408 e. The van der Waals surface area contributed by atoms with Gasteiger partial charge in [0.1, 0.15) is 24.3 Å². The summed E-state index contributed by atoms with van der Waals surface area (Å²) < 4.78 is 11.2. The Morgan fingerprint density at radius 3 is 2.03 bits per heavy atom. The summed E-state index contributed by atoms with van der Waals surface area (Å²) in [6.45, 7) is 5.48. The molecule has 2 saturated heterocycles. The van der Waals surface area contributed by atoms with Crippen molar-refractivity contribution in [1.29, 1.82) is 0 Å². The summed E-state index contributed by atoms with van der Waals surface area (Å²) >= 11 is 0. The molecule has 8 heteroatoms. The van der Waals surface area contributed by atoms with Crippen LogP contribution in [0.25, 0.3) is 0 Å². The maximum absolute atomic E-state index is 14.0. The van der Waals surface area contributed by atoms with Gasteiger partial charge in [-0.3, -0.25) is 9.80 Å². The minimum absolute atomic E-state index is 0.0736. The molecule has 4 atom stereocenters. The van der Waals surface area contributed by atoms with Gasteiger partial charge < -0.3 is 14.8 Å². The van der Waals surface area contributed by atoms with Crippen LogP contribution in [0.4, 0.5) is 4.79 Å². The number of nitrogens with one attached hydrogen (secondary N) is 1. The molecule has 0 saturated carbocycles. The molecule has 0 unspecified atom stereocenters. The highest BCUT2D eigenvalue weighted by atomic mass is 16.6. The Morgan fingerprint density at radius 1 is 0.872 bits per heavy atom. The molecular weight excluding hydrogens is 494 g/mol. The van der Waals surface area contributed by atoms with Crippen LogP contribution in [0.5, 0.6) is 0 Å². The van der Waals surface area contributed by atoms with E-state index in [4.69, 9.17) is 9.47 Å². The number of benzene rings is 3. The van der Waals surface area contributed by atoms with Crippen LogP contribution in [-0.2, 0) is 25.7 Å². The topological polar surface area (TPSA) is 88.2 Å². The van der Waals surface area contributed by atoms with Gasteiger partial charge in [0.15, 0.2) is 0 Å². The van der Waals surface area contributed by atoms with Gasteiger partial charge in [-0.2, -0.15) is 0 Å². The van der Waals surface area contributed by atoms with E-state index in [1.54, 1.807) is 20.8 Å². The maximum Gasteiger partial charge on any atom is 0.408 e. The van der Waals surface area contributed by atoms with Crippen molar-refractivity contribution in [1.82, 2.24) is 15.3 Å².